The summed E-state index contributed by atoms with van der Waals surface area (Å²) < 4.78 is 0. The van der Waals surface area contributed by atoms with Crippen LogP contribution >= 0.6 is 0 Å². The van der Waals surface area contributed by atoms with Gasteiger partial charge in [0.2, 0.25) is 0 Å². The van der Waals surface area contributed by atoms with Gasteiger partial charge in [0.15, 0.2) is 0 Å². The maximum atomic E-state index is 3.83. The molecule has 0 spiro atoms. The second kappa shape index (κ2) is 4.80. The fourth-order valence-corrected chi connectivity index (χ4v) is 1.23. The van der Waals surface area contributed by atoms with E-state index in [1.807, 2.05) is 13.0 Å². The average molecular weight is 186 g/mol. The van der Waals surface area contributed by atoms with E-state index >= 15 is 0 Å². The minimum absolute atomic E-state index is 0.606. The smallest absolute Gasteiger partial charge is 0.0219 e. The first-order valence-electron chi connectivity index (χ1n) is 5.03. The van der Waals surface area contributed by atoms with Crippen molar-refractivity contribution in [2.75, 3.05) is 0 Å². The summed E-state index contributed by atoms with van der Waals surface area (Å²) in [4.78, 5) is 0. The molecule has 0 heteroatoms. The monoisotopic (exact) mass is 186 g/mol. The largest absolute Gasteiger partial charge is 0.0961 e. The zero-order chi connectivity index (χ0) is 10.6. The van der Waals surface area contributed by atoms with Crippen LogP contribution in [0.4, 0.5) is 0 Å². The molecule has 0 aliphatic carbocycles. The Hall–Kier alpha value is -1.30. The molecule has 0 nitrogen and oxygen atoms in total. The van der Waals surface area contributed by atoms with Crippen molar-refractivity contribution in [2.45, 2.75) is 26.7 Å². The SMILES string of the molecule is C=C(C)/C=C/c1ccc(C(C)C)cc1. The van der Waals surface area contributed by atoms with Crippen molar-refractivity contribution in [3.8, 4) is 0 Å². The van der Waals surface area contributed by atoms with Gasteiger partial charge in [0.1, 0.15) is 0 Å². The highest BCUT2D eigenvalue weighted by Crippen LogP contribution is 2.15. The van der Waals surface area contributed by atoms with E-state index in [9.17, 15) is 0 Å². The van der Waals surface area contributed by atoms with Crippen LogP contribution in [0.15, 0.2) is 42.5 Å². The predicted octanol–water partition coefficient (Wildman–Crippen LogP) is 4.40. The standard InChI is InChI=1S/C14H18/c1-11(2)5-6-13-7-9-14(10-8-13)12(3)4/h5-10,12H,1H2,2-4H3/b6-5+. The first kappa shape index (κ1) is 10.8. The Morgan fingerprint density at radius 1 is 1.21 bits per heavy atom. The van der Waals surface area contributed by atoms with E-state index in [0.717, 1.165) is 5.57 Å². The molecule has 14 heavy (non-hydrogen) atoms. The molecule has 1 aromatic rings. The summed E-state index contributed by atoms with van der Waals surface area (Å²) in [5, 5.41) is 0. The highest BCUT2D eigenvalue weighted by atomic mass is 14.0. The van der Waals surface area contributed by atoms with Crippen LogP contribution in [0.3, 0.4) is 0 Å². The van der Waals surface area contributed by atoms with Crippen molar-refractivity contribution in [2.24, 2.45) is 0 Å². The number of benzene rings is 1. The van der Waals surface area contributed by atoms with E-state index in [1.54, 1.807) is 0 Å². The van der Waals surface area contributed by atoms with Crippen LogP contribution < -0.4 is 0 Å². The molecule has 0 amide bonds. The van der Waals surface area contributed by atoms with E-state index in [1.165, 1.54) is 11.1 Å². The van der Waals surface area contributed by atoms with Crippen molar-refractivity contribution >= 4 is 6.08 Å². The Bertz CT molecular complexity index is 326. The van der Waals surface area contributed by atoms with Crippen LogP contribution in [0.25, 0.3) is 6.08 Å². The third kappa shape index (κ3) is 3.21. The van der Waals surface area contributed by atoms with Crippen LogP contribution in [0.2, 0.25) is 0 Å². The molecular formula is C14H18. The molecular weight excluding hydrogens is 168 g/mol. The minimum Gasteiger partial charge on any atom is -0.0961 e. The molecule has 1 aromatic carbocycles. The first-order chi connectivity index (χ1) is 6.59. The van der Waals surface area contributed by atoms with Gasteiger partial charge < -0.3 is 0 Å². The molecule has 0 unspecified atom stereocenters. The lowest BCUT2D eigenvalue weighted by Gasteiger charge is -2.04. The summed E-state index contributed by atoms with van der Waals surface area (Å²) in [5.41, 5.74) is 3.70. The molecule has 0 bridgehead atoms. The Balaban J connectivity index is 2.78. The molecule has 0 fully saturated rings. The third-order valence-electron chi connectivity index (χ3n) is 2.16. The van der Waals surface area contributed by atoms with E-state index < -0.39 is 0 Å². The maximum absolute atomic E-state index is 3.83. The summed E-state index contributed by atoms with van der Waals surface area (Å²) in [6, 6.07) is 8.66. The molecule has 1 rings (SSSR count). The van der Waals surface area contributed by atoms with Crippen molar-refractivity contribution in [3.05, 3.63) is 53.6 Å². The molecule has 74 valence electrons. The van der Waals surface area contributed by atoms with Crippen LogP contribution in [-0.4, -0.2) is 0 Å². The summed E-state index contributed by atoms with van der Waals surface area (Å²) in [6.45, 7) is 10.2. The summed E-state index contributed by atoms with van der Waals surface area (Å²) in [6.07, 6.45) is 4.12. The Kier molecular flexibility index (Phi) is 3.70. The molecule has 0 N–H and O–H groups in total. The van der Waals surface area contributed by atoms with Crippen LogP contribution in [-0.2, 0) is 0 Å². The lowest BCUT2D eigenvalue weighted by atomic mass is 10.0. The van der Waals surface area contributed by atoms with E-state index in [0.29, 0.717) is 5.92 Å². The highest BCUT2D eigenvalue weighted by molar-refractivity contribution is 5.52. The fourth-order valence-electron chi connectivity index (χ4n) is 1.23. The zero-order valence-electron chi connectivity index (χ0n) is 9.25. The lowest BCUT2D eigenvalue weighted by molar-refractivity contribution is 0.866. The molecule has 0 aliphatic rings. The molecule has 0 atom stereocenters. The zero-order valence-corrected chi connectivity index (χ0v) is 9.25. The molecule has 0 saturated heterocycles. The summed E-state index contributed by atoms with van der Waals surface area (Å²) in [5.74, 6) is 0.606. The van der Waals surface area contributed by atoms with E-state index in [4.69, 9.17) is 0 Å². The normalized spacial score (nSPS) is 11.1. The van der Waals surface area contributed by atoms with Crippen LogP contribution in [0.1, 0.15) is 37.8 Å². The second-order valence-electron chi connectivity index (χ2n) is 4.00. The van der Waals surface area contributed by atoms with Gasteiger partial charge >= 0.3 is 0 Å². The topological polar surface area (TPSA) is 0 Å². The van der Waals surface area contributed by atoms with Crippen LogP contribution in [0, 0.1) is 0 Å². The lowest BCUT2D eigenvalue weighted by Crippen LogP contribution is -1.85. The number of rotatable bonds is 3. The van der Waals surface area contributed by atoms with Gasteiger partial charge in [-0.05, 0) is 24.0 Å². The average Bonchev–Trinajstić information content (AvgIpc) is 2.15. The maximum Gasteiger partial charge on any atom is -0.0219 e. The van der Waals surface area contributed by atoms with Crippen molar-refractivity contribution in [3.63, 3.8) is 0 Å². The van der Waals surface area contributed by atoms with Gasteiger partial charge in [-0.1, -0.05) is 62.4 Å². The molecule has 0 aromatic heterocycles. The van der Waals surface area contributed by atoms with Gasteiger partial charge in [-0.2, -0.15) is 0 Å². The fraction of sp³-hybridized carbons (Fsp3) is 0.286. The number of allylic oxidation sites excluding steroid dienone is 2. The second-order valence-corrected chi connectivity index (χ2v) is 4.00. The highest BCUT2D eigenvalue weighted by Gasteiger charge is 1.96. The third-order valence-corrected chi connectivity index (χ3v) is 2.16. The van der Waals surface area contributed by atoms with Crippen molar-refractivity contribution in [1.29, 1.82) is 0 Å². The van der Waals surface area contributed by atoms with Gasteiger partial charge in [-0.25, -0.2) is 0 Å². The Morgan fingerprint density at radius 2 is 1.79 bits per heavy atom. The van der Waals surface area contributed by atoms with Gasteiger partial charge in [-0.3, -0.25) is 0 Å². The Morgan fingerprint density at radius 3 is 2.21 bits per heavy atom. The van der Waals surface area contributed by atoms with Crippen LogP contribution in [0.5, 0.6) is 0 Å². The molecule has 0 heterocycles. The molecule has 0 aliphatic heterocycles. The molecule has 0 saturated carbocycles. The van der Waals surface area contributed by atoms with Crippen molar-refractivity contribution < 1.29 is 0 Å². The quantitative estimate of drug-likeness (QED) is 0.614. The van der Waals surface area contributed by atoms with Gasteiger partial charge in [0, 0.05) is 0 Å². The summed E-state index contributed by atoms with van der Waals surface area (Å²) in [7, 11) is 0. The van der Waals surface area contributed by atoms with Gasteiger partial charge in [0.25, 0.3) is 0 Å². The van der Waals surface area contributed by atoms with Crippen molar-refractivity contribution in [1.82, 2.24) is 0 Å². The number of hydrogen-bond acceptors (Lipinski definition) is 0. The van der Waals surface area contributed by atoms with Gasteiger partial charge in [-0.15, -0.1) is 0 Å². The molecule has 0 radical (unpaired) electrons. The first-order valence-corrected chi connectivity index (χ1v) is 5.03. The van der Waals surface area contributed by atoms with E-state index in [-0.39, 0.29) is 0 Å². The van der Waals surface area contributed by atoms with E-state index in [2.05, 4.69) is 50.8 Å². The summed E-state index contributed by atoms with van der Waals surface area (Å²) >= 11 is 0. The Labute approximate surface area is 87.0 Å². The predicted molar refractivity (Wildman–Crippen MR) is 64.4 cm³/mol. The minimum atomic E-state index is 0.606. The van der Waals surface area contributed by atoms with Gasteiger partial charge in [0.05, 0.1) is 0 Å². The number of hydrogen-bond donors (Lipinski definition) is 0.